The molecule has 0 aliphatic carbocycles. The topological polar surface area (TPSA) is 91.0 Å². The summed E-state index contributed by atoms with van der Waals surface area (Å²) in [4.78, 5) is 12.2. The van der Waals surface area contributed by atoms with Crippen molar-refractivity contribution in [3.63, 3.8) is 0 Å². The number of nitrogens with zero attached hydrogens (tertiary/aromatic N) is 6. The van der Waals surface area contributed by atoms with E-state index in [1.54, 1.807) is 7.11 Å². The average Bonchev–Trinajstić information content (AvgIpc) is 3.63. The summed E-state index contributed by atoms with van der Waals surface area (Å²) in [7, 11) is 3.63. The van der Waals surface area contributed by atoms with Gasteiger partial charge in [0.25, 0.3) is 5.95 Å². The minimum Gasteiger partial charge on any atom is -0.381 e. The number of rotatable bonds is 6. The van der Waals surface area contributed by atoms with E-state index < -0.39 is 0 Å². The van der Waals surface area contributed by atoms with Crippen molar-refractivity contribution >= 4 is 28.3 Å². The van der Waals surface area contributed by atoms with E-state index >= 15 is 0 Å². The maximum Gasteiger partial charge on any atom is 0.257 e. The van der Waals surface area contributed by atoms with Crippen LogP contribution in [0.5, 0.6) is 0 Å². The Kier molecular flexibility index (Phi) is 5.79. The zero-order chi connectivity index (χ0) is 23.9. The number of benzene rings is 1. The number of ether oxygens (including phenoxy) is 3. The van der Waals surface area contributed by atoms with Gasteiger partial charge in [0, 0.05) is 33.2 Å². The van der Waals surface area contributed by atoms with E-state index in [1.807, 2.05) is 40.4 Å². The lowest BCUT2D eigenvalue weighted by Gasteiger charge is -2.34. The quantitative estimate of drug-likeness (QED) is 0.453. The smallest absolute Gasteiger partial charge is 0.257 e. The van der Waals surface area contributed by atoms with Crippen LogP contribution in [0, 0.1) is 5.92 Å². The summed E-state index contributed by atoms with van der Waals surface area (Å²) in [5.41, 5.74) is 3.78. The van der Waals surface area contributed by atoms with Gasteiger partial charge < -0.3 is 24.4 Å². The van der Waals surface area contributed by atoms with E-state index in [4.69, 9.17) is 29.3 Å². The predicted molar refractivity (Wildman–Crippen MR) is 133 cm³/mol. The van der Waals surface area contributed by atoms with Crippen molar-refractivity contribution in [2.24, 2.45) is 5.92 Å². The summed E-state index contributed by atoms with van der Waals surface area (Å²) in [5, 5.41) is 8.28. The van der Waals surface area contributed by atoms with Crippen molar-refractivity contribution in [2.45, 2.75) is 25.5 Å². The molecule has 0 spiro atoms. The van der Waals surface area contributed by atoms with E-state index in [1.165, 1.54) is 0 Å². The minimum absolute atomic E-state index is 0.124. The van der Waals surface area contributed by atoms with Crippen molar-refractivity contribution in [1.82, 2.24) is 24.1 Å². The fourth-order valence-electron chi connectivity index (χ4n) is 5.29. The van der Waals surface area contributed by atoms with Gasteiger partial charge in [-0.1, -0.05) is 12.1 Å². The highest BCUT2D eigenvalue weighted by atomic mass is 16.5. The molecular weight excluding hydrogens is 446 g/mol. The first-order valence-electron chi connectivity index (χ1n) is 12.2. The Morgan fingerprint density at radius 1 is 1.06 bits per heavy atom. The summed E-state index contributed by atoms with van der Waals surface area (Å²) < 4.78 is 21.4. The maximum atomic E-state index is 6.01. The van der Waals surface area contributed by atoms with Crippen molar-refractivity contribution in [3.05, 3.63) is 42.1 Å². The molecule has 2 unspecified atom stereocenters. The number of para-hydroxylation sites is 2. The van der Waals surface area contributed by atoms with Gasteiger partial charge in [0.1, 0.15) is 11.6 Å². The molecule has 0 amide bonds. The molecule has 2 saturated heterocycles. The van der Waals surface area contributed by atoms with Crippen molar-refractivity contribution in [3.8, 4) is 5.95 Å². The van der Waals surface area contributed by atoms with Crippen LogP contribution in [0.3, 0.4) is 0 Å². The Hall–Kier alpha value is -3.21. The Balaban J connectivity index is 1.59. The van der Waals surface area contributed by atoms with Crippen LogP contribution in [0.1, 0.15) is 25.1 Å². The van der Waals surface area contributed by atoms with Crippen LogP contribution in [-0.4, -0.2) is 77.3 Å². The minimum atomic E-state index is -0.124. The van der Waals surface area contributed by atoms with E-state index in [0.29, 0.717) is 31.7 Å². The Labute approximate surface area is 203 Å². The molecule has 35 heavy (non-hydrogen) atoms. The largest absolute Gasteiger partial charge is 0.381 e. The molecule has 3 atom stereocenters. The number of morpholine rings is 1. The summed E-state index contributed by atoms with van der Waals surface area (Å²) >= 11 is 0. The van der Waals surface area contributed by atoms with E-state index in [-0.39, 0.29) is 18.1 Å². The summed E-state index contributed by atoms with van der Waals surface area (Å²) in [6, 6.07) is 12.4. The lowest BCUT2D eigenvalue weighted by molar-refractivity contribution is 0.0401. The van der Waals surface area contributed by atoms with Gasteiger partial charge in [-0.15, -0.1) is 5.10 Å². The van der Waals surface area contributed by atoms with Crippen LogP contribution in [0.25, 0.3) is 22.5 Å². The van der Waals surface area contributed by atoms with Crippen LogP contribution < -0.4 is 10.2 Å². The fraction of sp³-hybridized carbons (Fsp3) is 0.480. The molecule has 5 heterocycles. The molecule has 184 valence electrons. The first-order valence-corrected chi connectivity index (χ1v) is 12.2. The second kappa shape index (κ2) is 9.10. The molecule has 0 bridgehead atoms. The number of fused-ring (bicyclic) bond motifs is 2. The van der Waals surface area contributed by atoms with Gasteiger partial charge in [0.2, 0.25) is 5.95 Å². The Morgan fingerprint density at radius 3 is 2.69 bits per heavy atom. The fourth-order valence-corrected chi connectivity index (χ4v) is 5.29. The third kappa shape index (κ3) is 3.72. The van der Waals surface area contributed by atoms with Gasteiger partial charge in [-0.05, 0) is 37.6 Å². The van der Waals surface area contributed by atoms with Crippen LogP contribution in [-0.2, 0) is 14.2 Å². The van der Waals surface area contributed by atoms with Gasteiger partial charge >= 0.3 is 0 Å². The average molecular weight is 478 g/mol. The van der Waals surface area contributed by atoms with Gasteiger partial charge in [0.15, 0.2) is 5.82 Å². The number of aromatic nitrogens is 5. The zero-order valence-corrected chi connectivity index (χ0v) is 20.3. The highest BCUT2D eigenvalue weighted by Crippen LogP contribution is 2.35. The lowest BCUT2D eigenvalue weighted by Crippen LogP contribution is -2.44. The van der Waals surface area contributed by atoms with Gasteiger partial charge in [-0.2, -0.15) is 4.98 Å². The number of imidazole rings is 1. The van der Waals surface area contributed by atoms with Crippen LogP contribution in [0.2, 0.25) is 0 Å². The molecule has 4 aromatic rings. The second-order valence-electron chi connectivity index (χ2n) is 9.20. The molecule has 10 nitrogen and oxygen atoms in total. The third-order valence-electron chi connectivity index (χ3n) is 7.07. The SMILES string of the molecule is CNc1nc2ccccc2n1-c1nc(N2CCOC[C@H]2C)c2ccc(C(OC)C3CCOC3)n2n1. The van der Waals surface area contributed by atoms with Crippen molar-refractivity contribution in [1.29, 1.82) is 0 Å². The molecule has 6 rings (SSSR count). The normalized spacial score (nSPS) is 21.7. The van der Waals surface area contributed by atoms with Crippen molar-refractivity contribution < 1.29 is 14.2 Å². The molecule has 3 aromatic heterocycles. The zero-order valence-electron chi connectivity index (χ0n) is 20.3. The van der Waals surface area contributed by atoms with E-state index in [2.05, 4.69) is 29.3 Å². The van der Waals surface area contributed by atoms with Crippen LogP contribution in [0.15, 0.2) is 36.4 Å². The molecule has 0 radical (unpaired) electrons. The van der Waals surface area contributed by atoms with Gasteiger partial charge in [0.05, 0.1) is 42.6 Å². The number of methoxy groups -OCH3 is 1. The Morgan fingerprint density at radius 2 is 1.91 bits per heavy atom. The maximum absolute atomic E-state index is 6.01. The molecule has 10 heteroatoms. The lowest BCUT2D eigenvalue weighted by atomic mass is 9.99. The molecule has 2 aliphatic rings. The number of hydrogen-bond donors (Lipinski definition) is 1. The highest BCUT2D eigenvalue weighted by Gasteiger charge is 2.32. The molecule has 1 aromatic carbocycles. The van der Waals surface area contributed by atoms with Crippen LogP contribution in [0.4, 0.5) is 11.8 Å². The summed E-state index contributed by atoms with van der Waals surface area (Å²) in [6.45, 7) is 5.71. The molecule has 2 aliphatic heterocycles. The molecule has 0 saturated carbocycles. The van der Waals surface area contributed by atoms with Gasteiger partial charge in [-0.25, -0.2) is 14.1 Å². The molecule has 2 fully saturated rings. The monoisotopic (exact) mass is 477 g/mol. The molecular formula is C25H31N7O3. The number of nitrogens with one attached hydrogen (secondary N) is 1. The molecule has 1 N–H and O–H groups in total. The second-order valence-corrected chi connectivity index (χ2v) is 9.20. The van der Waals surface area contributed by atoms with Crippen molar-refractivity contribution in [2.75, 3.05) is 57.3 Å². The number of hydrogen-bond acceptors (Lipinski definition) is 8. The Bertz CT molecular complexity index is 1340. The van der Waals surface area contributed by atoms with E-state index in [9.17, 15) is 0 Å². The van der Waals surface area contributed by atoms with Crippen LogP contribution >= 0.6 is 0 Å². The van der Waals surface area contributed by atoms with E-state index in [0.717, 1.165) is 47.6 Å². The predicted octanol–water partition coefficient (Wildman–Crippen LogP) is 3.06. The number of anilines is 2. The standard InChI is InChI=1S/C25H31N7O3/c1-16-14-35-13-11-30(16)23-21-9-8-20(22(33-3)17-10-12-34-15-17)32(21)29-25(28-23)31-19-7-5-4-6-18(19)27-24(31)26-2/h4-9,16-17,22H,10-15H2,1-3H3,(H,26,27)/t16-,17?,22?/m1/s1. The first kappa shape index (κ1) is 22.3. The van der Waals surface area contributed by atoms with Gasteiger partial charge in [-0.3, -0.25) is 0 Å². The first-order chi connectivity index (χ1) is 17.2. The summed E-state index contributed by atoms with van der Waals surface area (Å²) in [5.74, 6) is 2.41. The third-order valence-corrected chi connectivity index (χ3v) is 7.07. The summed E-state index contributed by atoms with van der Waals surface area (Å²) in [6.07, 6.45) is 0.841. The highest BCUT2D eigenvalue weighted by molar-refractivity contribution is 5.81.